The Kier molecular flexibility index (Phi) is 7.73. The van der Waals surface area contributed by atoms with Crippen LogP contribution in [0.2, 0.25) is 0 Å². The summed E-state index contributed by atoms with van der Waals surface area (Å²) in [5, 5.41) is 2.22. The average Bonchev–Trinajstić information content (AvgIpc) is 2.54. The van der Waals surface area contributed by atoms with E-state index in [0.29, 0.717) is 0 Å². The Morgan fingerprint density at radius 3 is 1.84 bits per heavy atom. The highest BCUT2D eigenvalue weighted by Gasteiger charge is 2.52. The number of alkyl halides is 3. The van der Waals surface area contributed by atoms with Crippen LogP contribution in [0.5, 0.6) is 0 Å². The SMILES string of the molecule is CCOC(=O)C(C(=O)OCC)C(Nc1ccc(CC)cc1)C(F)(F)F. The molecule has 0 bridgehead atoms. The summed E-state index contributed by atoms with van der Waals surface area (Å²) in [5.41, 5.74) is 1.08. The lowest BCUT2D eigenvalue weighted by atomic mass is 9.98. The number of anilines is 1. The van der Waals surface area contributed by atoms with Crippen molar-refractivity contribution in [2.75, 3.05) is 18.5 Å². The molecule has 1 atom stereocenters. The maximum absolute atomic E-state index is 13.5. The second-order valence-electron chi connectivity index (χ2n) is 5.20. The third kappa shape index (κ3) is 5.95. The van der Waals surface area contributed by atoms with Crippen LogP contribution in [0.3, 0.4) is 0 Å². The average molecular weight is 361 g/mol. The molecule has 0 amide bonds. The summed E-state index contributed by atoms with van der Waals surface area (Å²) < 4.78 is 49.9. The third-order valence-electron chi connectivity index (χ3n) is 3.45. The molecular formula is C17H22F3NO4. The lowest BCUT2D eigenvalue weighted by molar-refractivity contribution is -0.184. The van der Waals surface area contributed by atoms with E-state index in [2.05, 4.69) is 14.8 Å². The van der Waals surface area contributed by atoms with E-state index in [1.165, 1.54) is 26.0 Å². The molecular weight excluding hydrogens is 339 g/mol. The number of hydrogen-bond donors (Lipinski definition) is 1. The molecule has 140 valence electrons. The highest BCUT2D eigenvalue weighted by molar-refractivity contribution is 5.96. The van der Waals surface area contributed by atoms with Gasteiger partial charge in [-0.15, -0.1) is 0 Å². The zero-order chi connectivity index (χ0) is 19.0. The number of esters is 2. The van der Waals surface area contributed by atoms with Crippen molar-refractivity contribution >= 4 is 17.6 Å². The van der Waals surface area contributed by atoms with Crippen LogP contribution in [0.15, 0.2) is 24.3 Å². The number of carbonyl (C=O) groups is 2. The van der Waals surface area contributed by atoms with Crippen molar-refractivity contribution in [2.24, 2.45) is 5.92 Å². The van der Waals surface area contributed by atoms with Crippen LogP contribution in [-0.2, 0) is 25.5 Å². The highest BCUT2D eigenvalue weighted by Crippen LogP contribution is 2.30. The minimum Gasteiger partial charge on any atom is -0.465 e. The molecule has 0 saturated carbocycles. The minimum atomic E-state index is -4.87. The van der Waals surface area contributed by atoms with Crippen molar-refractivity contribution in [1.82, 2.24) is 0 Å². The summed E-state index contributed by atoms with van der Waals surface area (Å²) in [5.74, 6) is -4.70. The van der Waals surface area contributed by atoms with Crippen LogP contribution >= 0.6 is 0 Å². The maximum Gasteiger partial charge on any atom is 0.409 e. The summed E-state index contributed by atoms with van der Waals surface area (Å²) >= 11 is 0. The lowest BCUT2D eigenvalue weighted by Gasteiger charge is -2.28. The molecule has 0 heterocycles. The van der Waals surface area contributed by atoms with E-state index in [-0.39, 0.29) is 18.9 Å². The zero-order valence-electron chi connectivity index (χ0n) is 14.4. The van der Waals surface area contributed by atoms with Crippen LogP contribution in [0.4, 0.5) is 18.9 Å². The number of hydrogen-bond acceptors (Lipinski definition) is 5. The molecule has 1 N–H and O–H groups in total. The number of halogens is 3. The summed E-state index contributed by atoms with van der Waals surface area (Å²) in [6.07, 6.45) is -4.13. The minimum absolute atomic E-state index is 0.137. The predicted octanol–water partition coefficient (Wildman–Crippen LogP) is 3.33. The molecule has 0 saturated heterocycles. The second-order valence-corrected chi connectivity index (χ2v) is 5.20. The van der Waals surface area contributed by atoms with E-state index in [4.69, 9.17) is 0 Å². The second kappa shape index (κ2) is 9.29. The molecule has 0 aliphatic heterocycles. The van der Waals surface area contributed by atoms with Crippen LogP contribution in [-0.4, -0.2) is 37.4 Å². The van der Waals surface area contributed by atoms with Gasteiger partial charge in [-0.25, -0.2) is 0 Å². The van der Waals surface area contributed by atoms with E-state index in [9.17, 15) is 22.8 Å². The topological polar surface area (TPSA) is 64.6 Å². The standard InChI is InChI=1S/C17H22F3NO4/c1-4-11-7-9-12(10-8-11)21-14(17(18,19)20)13(15(22)24-5-2)16(23)25-6-3/h7-10,13-14,21H,4-6H2,1-3H3. The number of rotatable bonds is 8. The molecule has 0 aliphatic rings. The molecule has 1 aromatic carbocycles. The molecule has 25 heavy (non-hydrogen) atoms. The zero-order valence-corrected chi connectivity index (χ0v) is 14.4. The quantitative estimate of drug-likeness (QED) is 0.568. The first-order valence-electron chi connectivity index (χ1n) is 8.00. The smallest absolute Gasteiger partial charge is 0.409 e. The van der Waals surface area contributed by atoms with E-state index >= 15 is 0 Å². The van der Waals surface area contributed by atoms with Gasteiger partial charge in [0.1, 0.15) is 6.04 Å². The van der Waals surface area contributed by atoms with Crippen molar-refractivity contribution in [2.45, 2.75) is 39.4 Å². The van der Waals surface area contributed by atoms with E-state index in [0.717, 1.165) is 12.0 Å². The van der Waals surface area contributed by atoms with Crippen molar-refractivity contribution in [3.05, 3.63) is 29.8 Å². The fraction of sp³-hybridized carbons (Fsp3) is 0.529. The van der Waals surface area contributed by atoms with E-state index in [1.807, 2.05) is 6.92 Å². The molecule has 8 heteroatoms. The Morgan fingerprint density at radius 2 is 1.48 bits per heavy atom. The summed E-state index contributed by atoms with van der Waals surface area (Å²) in [4.78, 5) is 24.0. The van der Waals surface area contributed by atoms with Crippen molar-refractivity contribution in [3.63, 3.8) is 0 Å². The van der Waals surface area contributed by atoms with Gasteiger partial charge in [0.2, 0.25) is 0 Å². The summed E-state index contributed by atoms with van der Waals surface area (Å²) in [6, 6.07) is 3.80. The van der Waals surface area contributed by atoms with E-state index < -0.39 is 30.1 Å². The molecule has 0 radical (unpaired) electrons. The van der Waals surface area contributed by atoms with Crippen molar-refractivity contribution in [1.29, 1.82) is 0 Å². The number of benzene rings is 1. The van der Waals surface area contributed by atoms with Crippen LogP contribution in [0.1, 0.15) is 26.3 Å². The number of ether oxygens (including phenoxy) is 2. The summed E-state index contributed by atoms with van der Waals surface area (Å²) in [6.45, 7) is 4.51. The highest BCUT2D eigenvalue weighted by atomic mass is 19.4. The molecule has 1 rings (SSSR count). The van der Waals surface area contributed by atoms with Crippen LogP contribution in [0, 0.1) is 5.92 Å². The van der Waals surface area contributed by atoms with Gasteiger partial charge in [0.05, 0.1) is 13.2 Å². The van der Waals surface area contributed by atoms with E-state index in [1.54, 1.807) is 12.1 Å². The molecule has 0 aromatic heterocycles. The molecule has 5 nitrogen and oxygen atoms in total. The fourth-order valence-corrected chi connectivity index (χ4v) is 2.20. The molecule has 1 aromatic rings. The number of carbonyl (C=O) groups excluding carboxylic acids is 2. The fourth-order valence-electron chi connectivity index (χ4n) is 2.20. The van der Waals surface area contributed by atoms with Gasteiger partial charge in [-0.05, 0) is 38.0 Å². The lowest BCUT2D eigenvalue weighted by Crippen LogP contribution is -2.50. The Labute approximate surface area is 144 Å². The van der Waals surface area contributed by atoms with Gasteiger partial charge in [-0.3, -0.25) is 9.59 Å². The Hall–Kier alpha value is -2.25. The Morgan fingerprint density at radius 1 is 1.00 bits per heavy atom. The first-order valence-corrected chi connectivity index (χ1v) is 8.00. The largest absolute Gasteiger partial charge is 0.465 e. The molecule has 1 unspecified atom stereocenters. The van der Waals surface area contributed by atoms with Gasteiger partial charge < -0.3 is 14.8 Å². The van der Waals surface area contributed by atoms with Crippen LogP contribution < -0.4 is 5.32 Å². The van der Waals surface area contributed by atoms with Crippen molar-refractivity contribution in [3.8, 4) is 0 Å². The number of nitrogens with one attached hydrogen (secondary N) is 1. The molecule has 0 aliphatic carbocycles. The Balaban J connectivity index is 3.17. The third-order valence-corrected chi connectivity index (χ3v) is 3.45. The normalized spacial score (nSPS) is 12.6. The number of aryl methyl sites for hydroxylation is 1. The maximum atomic E-state index is 13.5. The monoisotopic (exact) mass is 361 g/mol. The van der Waals surface area contributed by atoms with Gasteiger partial charge in [-0.2, -0.15) is 13.2 Å². The first kappa shape index (κ1) is 20.8. The van der Waals surface area contributed by atoms with Gasteiger partial charge in [0.15, 0.2) is 5.92 Å². The van der Waals surface area contributed by atoms with Gasteiger partial charge >= 0.3 is 18.1 Å². The molecule has 0 fully saturated rings. The van der Waals surface area contributed by atoms with Crippen molar-refractivity contribution < 1.29 is 32.2 Å². The first-order chi connectivity index (χ1) is 11.7. The predicted molar refractivity (Wildman–Crippen MR) is 86.0 cm³/mol. The van der Waals surface area contributed by atoms with Gasteiger partial charge in [-0.1, -0.05) is 19.1 Å². The van der Waals surface area contributed by atoms with Gasteiger partial charge in [0.25, 0.3) is 0 Å². The van der Waals surface area contributed by atoms with Crippen LogP contribution in [0.25, 0.3) is 0 Å². The Bertz CT molecular complexity index is 554. The molecule has 0 spiro atoms. The summed E-state index contributed by atoms with van der Waals surface area (Å²) in [7, 11) is 0. The van der Waals surface area contributed by atoms with Gasteiger partial charge in [0, 0.05) is 5.69 Å².